The standard InChI is InChI=1S/C8H11N/c1-2-4-8-7(3-1)5-6-9-8/h4-7,9H,1-3H2. The van der Waals surface area contributed by atoms with Gasteiger partial charge in [-0.1, -0.05) is 12.2 Å². The zero-order valence-corrected chi connectivity index (χ0v) is 5.43. The molecule has 0 bridgehead atoms. The Morgan fingerprint density at radius 2 is 2.56 bits per heavy atom. The van der Waals surface area contributed by atoms with Crippen molar-refractivity contribution in [1.29, 1.82) is 0 Å². The molecule has 9 heavy (non-hydrogen) atoms. The largest absolute Gasteiger partial charge is 0.365 e. The van der Waals surface area contributed by atoms with Crippen LogP contribution in [-0.2, 0) is 0 Å². The minimum Gasteiger partial charge on any atom is -0.365 e. The van der Waals surface area contributed by atoms with Crippen LogP contribution in [0.4, 0.5) is 0 Å². The van der Waals surface area contributed by atoms with E-state index in [1.807, 2.05) is 0 Å². The van der Waals surface area contributed by atoms with E-state index in [0.717, 1.165) is 5.92 Å². The zero-order chi connectivity index (χ0) is 6.10. The van der Waals surface area contributed by atoms with Crippen LogP contribution >= 0.6 is 0 Å². The van der Waals surface area contributed by atoms with E-state index in [-0.39, 0.29) is 0 Å². The highest BCUT2D eigenvalue weighted by molar-refractivity contribution is 5.21. The van der Waals surface area contributed by atoms with E-state index < -0.39 is 0 Å². The van der Waals surface area contributed by atoms with E-state index in [2.05, 4.69) is 23.7 Å². The molecule has 1 aliphatic carbocycles. The van der Waals surface area contributed by atoms with E-state index in [0.29, 0.717) is 0 Å². The third-order valence-corrected chi connectivity index (χ3v) is 2.06. The lowest BCUT2D eigenvalue weighted by Crippen LogP contribution is -2.09. The molecule has 1 heterocycles. The van der Waals surface area contributed by atoms with Crippen molar-refractivity contribution in [3.8, 4) is 0 Å². The summed E-state index contributed by atoms with van der Waals surface area (Å²) >= 11 is 0. The number of rotatable bonds is 0. The summed E-state index contributed by atoms with van der Waals surface area (Å²) in [4.78, 5) is 0. The van der Waals surface area contributed by atoms with Gasteiger partial charge in [0.25, 0.3) is 0 Å². The Morgan fingerprint density at radius 1 is 1.56 bits per heavy atom. The van der Waals surface area contributed by atoms with Crippen LogP contribution < -0.4 is 5.32 Å². The van der Waals surface area contributed by atoms with E-state index >= 15 is 0 Å². The molecule has 0 aromatic rings. The van der Waals surface area contributed by atoms with Crippen molar-refractivity contribution >= 4 is 0 Å². The van der Waals surface area contributed by atoms with Crippen molar-refractivity contribution in [3.63, 3.8) is 0 Å². The first-order valence-electron chi connectivity index (χ1n) is 3.60. The molecule has 1 heteroatoms. The smallest absolute Gasteiger partial charge is 0.0183 e. The molecular weight excluding hydrogens is 110 g/mol. The Kier molecular flexibility index (Phi) is 1.08. The van der Waals surface area contributed by atoms with Gasteiger partial charge in [0.05, 0.1) is 0 Å². The van der Waals surface area contributed by atoms with E-state index in [1.165, 1.54) is 25.0 Å². The molecule has 0 aromatic heterocycles. The number of fused-ring (bicyclic) bond motifs is 1. The van der Waals surface area contributed by atoms with Crippen LogP contribution in [0.5, 0.6) is 0 Å². The number of hydrogen-bond donors (Lipinski definition) is 1. The maximum absolute atomic E-state index is 3.24. The van der Waals surface area contributed by atoms with Gasteiger partial charge in [0, 0.05) is 11.6 Å². The van der Waals surface area contributed by atoms with Gasteiger partial charge in [-0.15, -0.1) is 0 Å². The second kappa shape index (κ2) is 1.90. The highest BCUT2D eigenvalue weighted by Crippen LogP contribution is 2.26. The van der Waals surface area contributed by atoms with Crippen LogP contribution in [0.15, 0.2) is 24.0 Å². The lowest BCUT2D eigenvalue weighted by atomic mass is 9.94. The summed E-state index contributed by atoms with van der Waals surface area (Å²) in [6, 6.07) is 0. The zero-order valence-electron chi connectivity index (χ0n) is 5.43. The predicted octanol–water partition coefficient (Wildman–Crippen LogP) is 1.79. The molecule has 1 unspecified atom stereocenters. The van der Waals surface area contributed by atoms with Crippen molar-refractivity contribution in [2.45, 2.75) is 19.3 Å². The van der Waals surface area contributed by atoms with Gasteiger partial charge in [-0.3, -0.25) is 0 Å². The first kappa shape index (κ1) is 5.10. The maximum Gasteiger partial charge on any atom is 0.0183 e. The molecule has 0 aromatic carbocycles. The average Bonchev–Trinajstić information content (AvgIpc) is 2.33. The SMILES string of the molecule is C1=CC2CCCC=C2N1. The Hall–Kier alpha value is -0.720. The molecular formula is C8H11N. The van der Waals surface area contributed by atoms with E-state index in [9.17, 15) is 0 Å². The summed E-state index contributed by atoms with van der Waals surface area (Å²) in [6.07, 6.45) is 10.6. The molecule has 0 radical (unpaired) electrons. The molecule has 1 nitrogen and oxygen atoms in total. The van der Waals surface area contributed by atoms with Crippen LogP contribution in [0.25, 0.3) is 0 Å². The summed E-state index contributed by atoms with van der Waals surface area (Å²) in [5.74, 6) is 0.735. The summed E-state index contributed by atoms with van der Waals surface area (Å²) < 4.78 is 0. The topological polar surface area (TPSA) is 12.0 Å². The van der Waals surface area contributed by atoms with Crippen molar-refractivity contribution in [3.05, 3.63) is 24.0 Å². The molecule has 0 saturated heterocycles. The monoisotopic (exact) mass is 121 g/mol. The molecule has 1 atom stereocenters. The van der Waals surface area contributed by atoms with Crippen molar-refractivity contribution in [2.24, 2.45) is 5.92 Å². The molecule has 0 amide bonds. The lowest BCUT2D eigenvalue weighted by Gasteiger charge is -2.15. The molecule has 0 saturated carbocycles. The molecule has 0 spiro atoms. The van der Waals surface area contributed by atoms with Crippen LogP contribution in [-0.4, -0.2) is 0 Å². The van der Waals surface area contributed by atoms with Gasteiger partial charge in [-0.2, -0.15) is 0 Å². The quantitative estimate of drug-likeness (QED) is 0.515. The lowest BCUT2D eigenvalue weighted by molar-refractivity contribution is 0.595. The summed E-state index contributed by atoms with van der Waals surface area (Å²) in [7, 11) is 0. The molecule has 1 N–H and O–H groups in total. The minimum atomic E-state index is 0.735. The Balaban J connectivity index is 2.22. The summed E-state index contributed by atoms with van der Waals surface area (Å²) in [5, 5.41) is 3.24. The van der Waals surface area contributed by atoms with Crippen LogP contribution in [0.3, 0.4) is 0 Å². The van der Waals surface area contributed by atoms with Gasteiger partial charge in [0.2, 0.25) is 0 Å². The first-order valence-corrected chi connectivity index (χ1v) is 3.60. The Bertz CT molecular complexity index is 167. The fourth-order valence-corrected chi connectivity index (χ4v) is 1.53. The van der Waals surface area contributed by atoms with Crippen molar-refractivity contribution in [2.75, 3.05) is 0 Å². The van der Waals surface area contributed by atoms with Gasteiger partial charge in [-0.25, -0.2) is 0 Å². The normalized spacial score (nSPS) is 31.1. The van der Waals surface area contributed by atoms with Gasteiger partial charge in [0.1, 0.15) is 0 Å². The predicted molar refractivity (Wildman–Crippen MR) is 37.7 cm³/mol. The van der Waals surface area contributed by atoms with Crippen LogP contribution in [0.2, 0.25) is 0 Å². The first-order chi connectivity index (χ1) is 4.47. The number of allylic oxidation sites excluding steroid dienone is 2. The van der Waals surface area contributed by atoms with Crippen LogP contribution in [0.1, 0.15) is 19.3 Å². The third-order valence-electron chi connectivity index (χ3n) is 2.06. The highest BCUT2D eigenvalue weighted by Gasteiger charge is 2.16. The average molecular weight is 121 g/mol. The summed E-state index contributed by atoms with van der Waals surface area (Å²) in [6.45, 7) is 0. The molecule has 2 rings (SSSR count). The number of hydrogen-bond acceptors (Lipinski definition) is 1. The van der Waals surface area contributed by atoms with Gasteiger partial charge < -0.3 is 5.32 Å². The molecule has 2 aliphatic rings. The van der Waals surface area contributed by atoms with E-state index in [4.69, 9.17) is 0 Å². The fourth-order valence-electron chi connectivity index (χ4n) is 1.53. The fraction of sp³-hybridized carbons (Fsp3) is 0.500. The minimum absolute atomic E-state index is 0.735. The number of nitrogens with one attached hydrogen (secondary N) is 1. The van der Waals surface area contributed by atoms with Crippen molar-refractivity contribution in [1.82, 2.24) is 5.32 Å². The third kappa shape index (κ3) is 0.766. The van der Waals surface area contributed by atoms with Crippen molar-refractivity contribution < 1.29 is 0 Å². The van der Waals surface area contributed by atoms with Gasteiger partial charge >= 0.3 is 0 Å². The van der Waals surface area contributed by atoms with Gasteiger partial charge in [0.15, 0.2) is 0 Å². The Labute approximate surface area is 55.5 Å². The Morgan fingerprint density at radius 3 is 3.44 bits per heavy atom. The van der Waals surface area contributed by atoms with Gasteiger partial charge in [-0.05, 0) is 25.5 Å². The molecule has 48 valence electrons. The molecule has 0 fully saturated rings. The highest BCUT2D eigenvalue weighted by atomic mass is 14.9. The second-order valence-corrected chi connectivity index (χ2v) is 2.70. The maximum atomic E-state index is 3.24. The molecule has 1 aliphatic heterocycles. The second-order valence-electron chi connectivity index (χ2n) is 2.70. The summed E-state index contributed by atoms with van der Waals surface area (Å²) in [5.41, 5.74) is 1.43. The van der Waals surface area contributed by atoms with Crippen LogP contribution in [0, 0.1) is 5.92 Å². The van der Waals surface area contributed by atoms with E-state index in [1.54, 1.807) is 0 Å².